The van der Waals surface area contributed by atoms with Crippen LogP contribution in [0.5, 0.6) is 0 Å². The van der Waals surface area contributed by atoms with Gasteiger partial charge in [0.15, 0.2) is 0 Å². The summed E-state index contributed by atoms with van der Waals surface area (Å²) < 4.78 is 0. The molecular weight excluding hydrogens is 312 g/mol. The number of nitrogens with one attached hydrogen (secondary N) is 2. The number of thiophene rings is 1. The van der Waals surface area contributed by atoms with Crippen molar-refractivity contribution >= 4 is 23.3 Å². The fraction of sp³-hybridized carbons (Fsp3) is 0.625. The number of likely N-dealkylation sites (tertiary alicyclic amines) is 1. The molecule has 23 heavy (non-hydrogen) atoms. The Morgan fingerprint density at radius 3 is 2.87 bits per heavy atom. The number of likely N-dealkylation sites (N-methyl/N-ethyl adjacent to an activating group) is 1. The molecule has 0 aliphatic carbocycles. The quantitative estimate of drug-likeness (QED) is 0.858. The van der Waals surface area contributed by atoms with E-state index in [0.717, 1.165) is 19.4 Å². The number of carbonyl (C=O) groups excluding carboxylic acids is 2. The topological polar surface area (TPSA) is 64.7 Å². The van der Waals surface area contributed by atoms with E-state index in [1.165, 1.54) is 11.8 Å². The summed E-state index contributed by atoms with van der Waals surface area (Å²) in [5, 5.41) is 7.99. The largest absolute Gasteiger partial charge is 0.352 e. The second-order valence-corrected chi connectivity index (χ2v) is 7.15. The van der Waals surface area contributed by atoms with Crippen molar-refractivity contribution in [2.24, 2.45) is 0 Å². The highest BCUT2D eigenvalue weighted by Crippen LogP contribution is 2.22. The van der Waals surface area contributed by atoms with Crippen LogP contribution in [0.25, 0.3) is 0 Å². The molecule has 1 aromatic heterocycles. The summed E-state index contributed by atoms with van der Waals surface area (Å²) in [6.07, 6.45) is 1.85. The second kappa shape index (κ2) is 8.31. The fourth-order valence-corrected chi connectivity index (χ4v) is 3.80. The van der Waals surface area contributed by atoms with Crippen LogP contribution in [0.15, 0.2) is 17.5 Å². The Labute approximate surface area is 141 Å². The standard InChI is InChI=1S/C16H26N4O2S/c1-12(21)18-13-6-4-8-20(11-13)16(22)17-10-14(19(2)3)15-7-5-9-23-15/h5,7,9,13-14H,4,6,8,10-11H2,1-3H3,(H,17,22)(H,18,21)/t13-,14+/m0/s1. The normalized spacial score (nSPS) is 19.5. The van der Waals surface area contributed by atoms with E-state index in [9.17, 15) is 9.59 Å². The number of carbonyl (C=O) groups is 2. The Bertz CT molecular complexity index is 518. The van der Waals surface area contributed by atoms with Crippen LogP contribution in [0.4, 0.5) is 4.79 Å². The molecule has 0 spiro atoms. The summed E-state index contributed by atoms with van der Waals surface area (Å²) in [6.45, 7) is 3.42. The Balaban J connectivity index is 1.87. The first-order chi connectivity index (χ1) is 11.0. The molecule has 128 valence electrons. The third kappa shape index (κ3) is 5.21. The smallest absolute Gasteiger partial charge is 0.317 e. The zero-order chi connectivity index (χ0) is 16.8. The van der Waals surface area contributed by atoms with E-state index in [2.05, 4.69) is 27.0 Å². The summed E-state index contributed by atoms with van der Waals surface area (Å²) in [4.78, 5) is 28.7. The van der Waals surface area contributed by atoms with Crippen LogP contribution in [0.1, 0.15) is 30.7 Å². The van der Waals surface area contributed by atoms with Gasteiger partial charge in [0.1, 0.15) is 0 Å². The van der Waals surface area contributed by atoms with Crippen molar-refractivity contribution in [1.29, 1.82) is 0 Å². The molecule has 1 saturated heterocycles. The maximum Gasteiger partial charge on any atom is 0.317 e. The first kappa shape index (κ1) is 17.7. The molecule has 7 heteroatoms. The van der Waals surface area contributed by atoms with Gasteiger partial charge in [0.25, 0.3) is 0 Å². The highest BCUT2D eigenvalue weighted by Gasteiger charge is 2.25. The van der Waals surface area contributed by atoms with Gasteiger partial charge in [-0.05, 0) is 38.4 Å². The van der Waals surface area contributed by atoms with Gasteiger partial charge >= 0.3 is 6.03 Å². The third-order valence-electron chi connectivity index (χ3n) is 4.06. The number of nitrogens with zero attached hydrogens (tertiary/aromatic N) is 2. The molecule has 3 amide bonds. The van der Waals surface area contributed by atoms with E-state index in [1.54, 1.807) is 16.2 Å². The Morgan fingerprint density at radius 1 is 1.48 bits per heavy atom. The summed E-state index contributed by atoms with van der Waals surface area (Å²) in [6, 6.07) is 4.31. The number of hydrogen-bond donors (Lipinski definition) is 2. The fourth-order valence-electron chi connectivity index (χ4n) is 2.88. The van der Waals surface area contributed by atoms with E-state index in [-0.39, 0.29) is 24.0 Å². The van der Waals surface area contributed by atoms with Crippen LogP contribution >= 0.6 is 11.3 Å². The van der Waals surface area contributed by atoms with Crippen molar-refractivity contribution in [3.63, 3.8) is 0 Å². The minimum Gasteiger partial charge on any atom is -0.352 e. The minimum absolute atomic E-state index is 0.0392. The number of urea groups is 1. The Hall–Kier alpha value is -1.60. The zero-order valence-electron chi connectivity index (χ0n) is 14.0. The molecule has 0 bridgehead atoms. The van der Waals surface area contributed by atoms with E-state index in [1.807, 2.05) is 20.2 Å². The molecule has 2 heterocycles. The molecule has 0 unspecified atom stereocenters. The lowest BCUT2D eigenvalue weighted by atomic mass is 10.1. The van der Waals surface area contributed by atoms with Gasteiger partial charge in [0.2, 0.25) is 5.91 Å². The molecule has 0 radical (unpaired) electrons. The van der Waals surface area contributed by atoms with Gasteiger partial charge in [-0.25, -0.2) is 4.79 Å². The van der Waals surface area contributed by atoms with Gasteiger partial charge in [-0.15, -0.1) is 11.3 Å². The summed E-state index contributed by atoms with van der Waals surface area (Å²) in [7, 11) is 4.04. The van der Waals surface area contributed by atoms with Crippen molar-refractivity contribution in [3.05, 3.63) is 22.4 Å². The van der Waals surface area contributed by atoms with Crippen LogP contribution < -0.4 is 10.6 Å². The minimum atomic E-state index is -0.0524. The van der Waals surface area contributed by atoms with E-state index in [4.69, 9.17) is 0 Å². The van der Waals surface area contributed by atoms with E-state index >= 15 is 0 Å². The van der Waals surface area contributed by atoms with Crippen molar-refractivity contribution in [3.8, 4) is 0 Å². The highest BCUT2D eigenvalue weighted by atomic mass is 32.1. The molecule has 1 aromatic rings. The molecule has 1 fully saturated rings. The average molecular weight is 338 g/mol. The van der Waals surface area contributed by atoms with Crippen LogP contribution in [0, 0.1) is 0 Å². The zero-order valence-corrected chi connectivity index (χ0v) is 14.9. The van der Waals surface area contributed by atoms with Gasteiger partial charge in [-0.1, -0.05) is 6.07 Å². The molecule has 1 aliphatic rings. The van der Waals surface area contributed by atoms with Gasteiger partial charge in [0, 0.05) is 37.5 Å². The van der Waals surface area contributed by atoms with Crippen molar-refractivity contribution in [2.75, 3.05) is 33.7 Å². The van der Waals surface area contributed by atoms with Crippen LogP contribution in [0.3, 0.4) is 0 Å². The molecule has 6 nitrogen and oxygen atoms in total. The highest BCUT2D eigenvalue weighted by molar-refractivity contribution is 7.10. The maximum absolute atomic E-state index is 12.4. The lowest BCUT2D eigenvalue weighted by Gasteiger charge is -2.33. The van der Waals surface area contributed by atoms with Crippen molar-refractivity contribution in [2.45, 2.75) is 31.8 Å². The Kier molecular flexibility index (Phi) is 6.41. The van der Waals surface area contributed by atoms with E-state index in [0.29, 0.717) is 13.1 Å². The second-order valence-electron chi connectivity index (χ2n) is 6.17. The molecule has 2 rings (SSSR count). The van der Waals surface area contributed by atoms with Gasteiger partial charge < -0.3 is 20.4 Å². The first-order valence-electron chi connectivity index (χ1n) is 7.97. The molecule has 1 aliphatic heterocycles. The van der Waals surface area contributed by atoms with Crippen LogP contribution in [0.2, 0.25) is 0 Å². The average Bonchev–Trinajstić information content (AvgIpc) is 3.00. The maximum atomic E-state index is 12.4. The lowest BCUT2D eigenvalue weighted by molar-refractivity contribution is -0.119. The number of hydrogen-bond acceptors (Lipinski definition) is 4. The number of amides is 3. The molecule has 2 N–H and O–H groups in total. The predicted octanol–water partition coefficient (Wildman–Crippen LogP) is 1.66. The van der Waals surface area contributed by atoms with Gasteiger partial charge in [0.05, 0.1) is 6.04 Å². The monoisotopic (exact) mass is 338 g/mol. The molecular formula is C16H26N4O2S. The summed E-state index contributed by atoms with van der Waals surface area (Å²) in [5.74, 6) is -0.0392. The number of piperidine rings is 1. The van der Waals surface area contributed by atoms with Crippen molar-refractivity contribution in [1.82, 2.24) is 20.4 Å². The Morgan fingerprint density at radius 2 is 2.26 bits per heavy atom. The van der Waals surface area contributed by atoms with E-state index < -0.39 is 0 Å². The van der Waals surface area contributed by atoms with Gasteiger partial charge in [-0.3, -0.25) is 4.79 Å². The number of rotatable bonds is 5. The molecule has 0 aromatic carbocycles. The SMILES string of the molecule is CC(=O)N[C@H]1CCCN(C(=O)NC[C@H](c2cccs2)N(C)C)C1. The van der Waals surface area contributed by atoms with Crippen molar-refractivity contribution < 1.29 is 9.59 Å². The lowest BCUT2D eigenvalue weighted by Crippen LogP contribution is -2.52. The predicted molar refractivity (Wildman–Crippen MR) is 92.6 cm³/mol. The van der Waals surface area contributed by atoms with Crippen LogP contribution in [-0.2, 0) is 4.79 Å². The van der Waals surface area contributed by atoms with Crippen LogP contribution in [-0.4, -0.2) is 61.5 Å². The van der Waals surface area contributed by atoms with Gasteiger partial charge in [-0.2, -0.15) is 0 Å². The molecule has 2 atom stereocenters. The third-order valence-corrected chi connectivity index (χ3v) is 5.03. The summed E-state index contributed by atoms with van der Waals surface area (Å²) >= 11 is 1.70. The summed E-state index contributed by atoms with van der Waals surface area (Å²) in [5.41, 5.74) is 0. The first-order valence-corrected chi connectivity index (χ1v) is 8.85. The molecule has 0 saturated carbocycles.